The Morgan fingerprint density at radius 3 is 2.63 bits per heavy atom. The van der Waals surface area contributed by atoms with E-state index in [0.29, 0.717) is 11.4 Å². The van der Waals surface area contributed by atoms with Crippen molar-refractivity contribution >= 4 is 5.69 Å². The van der Waals surface area contributed by atoms with E-state index < -0.39 is 6.23 Å². The molecule has 4 nitrogen and oxygen atoms in total. The average molecular weight is 258 g/mol. The zero-order valence-corrected chi connectivity index (χ0v) is 10.9. The van der Waals surface area contributed by atoms with Crippen molar-refractivity contribution < 1.29 is 10.3 Å². The van der Waals surface area contributed by atoms with Crippen LogP contribution in [0.5, 0.6) is 0 Å². The molecule has 100 valence electrons. The molecule has 4 heteroatoms. The van der Waals surface area contributed by atoms with Crippen molar-refractivity contribution in [3.8, 4) is 0 Å². The molecule has 0 spiro atoms. The number of allylic oxidation sites excluding steroid dienone is 4. The number of rotatable bonds is 4. The maximum Gasteiger partial charge on any atom is 0.171 e. The first-order valence-electron chi connectivity index (χ1n) is 6.22. The van der Waals surface area contributed by atoms with E-state index in [2.05, 4.69) is 6.58 Å². The molecule has 1 aromatic carbocycles. The molecule has 0 bridgehead atoms. The van der Waals surface area contributed by atoms with Gasteiger partial charge in [-0.2, -0.15) is 5.01 Å². The van der Waals surface area contributed by atoms with Gasteiger partial charge in [0, 0.05) is 12.1 Å². The lowest BCUT2D eigenvalue weighted by molar-refractivity contribution is -0.913. The Labute approximate surface area is 113 Å². The summed E-state index contributed by atoms with van der Waals surface area (Å²) in [4.78, 5) is 0. The summed E-state index contributed by atoms with van der Waals surface area (Å²) in [7, 11) is 0. The minimum Gasteiger partial charge on any atom is -0.602 e. The van der Waals surface area contributed by atoms with Gasteiger partial charge in [-0.15, -0.1) is 0 Å². The molecule has 0 saturated heterocycles. The van der Waals surface area contributed by atoms with Gasteiger partial charge < -0.3 is 10.3 Å². The number of hydrogen-bond acceptors (Lipinski definition) is 3. The molecule has 0 fully saturated rings. The van der Waals surface area contributed by atoms with E-state index in [1.807, 2.05) is 24.3 Å². The summed E-state index contributed by atoms with van der Waals surface area (Å²) in [6.07, 6.45) is 5.48. The van der Waals surface area contributed by atoms with Gasteiger partial charge in [-0.05, 0) is 31.1 Å². The van der Waals surface area contributed by atoms with Gasteiger partial charge in [-0.3, -0.25) is 0 Å². The molecule has 1 aliphatic rings. The van der Waals surface area contributed by atoms with Crippen molar-refractivity contribution in [1.29, 1.82) is 0 Å². The molecule has 1 aliphatic carbocycles. The number of hydrogen-bond donors (Lipinski definition) is 2. The van der Waals surface area contributed by atoms with Crippen molar-refractivity contribution in [3.63, 3.8) is 0 Å². The van der Waals surface area contributed by atoms with E-state index in [0.717, 1.165) is 12.0 Å². The molecular formula is C15H18N2O2. The Morgan fingerprint density at radius 2 is 2.05 bits per heavy atom. The Morgan fingerprint density at radius 1 is 1.37 bits per heavy atom. The lowest BCUT2D eigenvalue weighted by Crippen LogP contribution is -3.10. The Kier molecular flexibility index (Phi) is 4.16. The fraction of sp³-hybridized carbons (Fsp3) is 0.200. The minimum absolute atomic E-state index is 0.221. The van der Waals surface area contributed by atoms with Gasteiger partial charge in [-0.1, -0.05) is 30.9 Å². The predicted molar refractivity (Wildman–Crippen MR) is 74.9 cm³/mol. The van der Waals surface area contributed by atoms with Crippen molar-refractivity contribution in [3.05, 3.63) is 71.6 Å². The van der Waals surface area contributed by atoms with Crippen molar-refractivity contribution in [2.45, 2.75) is 19.6 Å². The predicted octanol–water partition coefficient (Wildman–Crippen LogP) is 1.66. The van der Waals surface area contributed by atoms with E-state index in [-0.39, 0.29) is 5.17 Å². The smallest absolute Gasteiger partial charge is 0.171 e. The van der Waals surface area contributed by atoms with Crippen molar-refractivity contribution in [2.75, 3.05) is 0 Å². The third-order valence-electron chi connectivity index (χ3n) is 2.91. The van der Waals surface area contributed by atoms with Crippen LogP contribution in [0.4, 0.5) is 5.69 Å². The number of aliphatic hydroxyl groups excluding tert-OH is 1. The molecule has 0 aromatic heterocycles. The van der Waals surface area contributed by atoms with Gasteiger partial charge in [0.05, 0.1) is 5.70 Å². The highest BCUT2D eigenvalue weighted by molar-refractivity contribution is 5.34. The lowest BCUT2D eigenvalue weighted by atomic mass is 10.1. The van der Waals surface area contributed by atoms with Crippen LogP contribution in [-0.4, -0.2) is 16.3 Å². The molecule has 2 unspecified atom stereocenters. The van der Waals surface area contributed by atoms with Crippen LogP contribution in [0.3, 0.4) is 0 Å². The highest BCUT2D eigenvalue weighted by Crippen LogP contribution is 2.17. The molecular weight excluding hydrogens is 240 g/mol. The van der Waals surface area contributed by atoms with Crippen LogP contribution in [0.1, 0.15) is 13.3 Å². The highest BCUT2D eigenvalue weighted by atomic mass is 16.6. The molecule has 0 heterocycles. The monoisotopic (exact) mass is 258 g/mol. The first-order valence-corrected chi connectivity index (χ1v) is 6.22. The standard InChI is InChI=1S/C15H18N2O2/c1-12-7-6-10-15(11-12)16(13(2)18)17(19)14-8-4-3-5-9-14/h3-6,8-11,13,17-18H,1,7H2,2H3. The third kappa shape index (κ3) is 3.12. The summed E-state index contributed by atoms with van der Waals surface area (Å²) in [5, 5.41) is 23.5. The maximum atomic E-state index is 12.5. The zero-order valence-electron chi connectivity index (χ0n) is 10.9. The lowest BCUT2D eigenvalue weighted by Gasteiger charge is -2.37. The number of aliphatic hydroxyl groups is 1. The molecule has 2 rings (SSSR count). The second kappa shape index (κ2) is 5.84. The highest BCUT2D eigenvalue weighted by Gasteiger charge is 2.22. The van der Waals surface area contributed by atoms with Crippen LogP contribution in [0.2, 0.25) is 0 Å². The molecule has 1 aromatic rings. The van der Waals surface area contributed by atoms with Crippen molar-refractivity contribution in [1.82, 2.24) is 5.01 Å². The van der Waals surface area contributed by atoms with Gasteiger partial charge in [0.1, 0.15) is 0 Å². The molecule has 0 radical (unpaired) electrons. The van der Waals surface area contributed by atoms with Crippen LogP contribution in [0, 0.1) is 5.21 Å². The minimum atomic E-state index is -0.894. The first kappa shape index (κ1) is 13.5. The average Bonchev–Trinajstić information content (AvgIpc) is 2.39. The summed E-state index contributed by atoms with van der Waals surface area (Å²) in [6, 6.07) is 8.93. The van der Waals surface area contributed by atoms with Crippen LogP contribution in [0.15, 0.2) is 66.4 Å². The Hall–Kier alpha value is -1.88. The fourth-order valence-electron chi connectivity index (χ4n) is 2.02. The molecule has 2 atom stereocenters. The second-order valence-electron chi connectivity index (χ2n) is 4.51. The molecule has 0 amide bonds. The van der Waals surface area contributed by atoms with Gasteiger partial charge in [-0.25, -0.2) is 5.17 Å². The van der Waals surface area contributed by atoms with E-state index in [9.17, 15) is 10.3 Å². The van der Waals surface area contributed by atoms with Gasteiger partial charge >= 0.3 is 0 Å². The summed E-state index contributed by atoms with van der Waals surface area (Å²) < 4.78 is 0. The van der Waals surface area contributed by atoms with Crippen LogP contribution < -0.4 is 5.17 Å². The summed E-state index contributed by atoms with van der Waals surface area (Å²) in [5.74, 6) is 0. The van der Waals surface area contributed by atoms with E-state index >= 15 is 0 Å². The van der Waals surface area contributed by atoms with E-state index in [1.165, 1.54) is 5.01 Å². The molecule has 19 heavy (non-hydrogen) atoms. The Bertz CT molecular complexity index is 506. The third-order valence-corrected chi connectivity index (χ3v) is 2.91. The van der Waals surface area contributed by atoms with Crippen LogP contribution in [0.25, 0.3) is 0 Å². The largest absolute Gasteiger partial charge is 0.602 e. The molecule has 0 aliphatic heterocycles. The molecule has 0 saturated carbocycles. The van der Waals surface area contributed by atoms with Gasteiger partial charge in [0.2, 0.25) is 0 Å². The van der Waals surface area contributed by atoms with Crippen LogP contribution in [-0.2, 0) is 0 Å². The molecule has 2 N–H and O–H groups in total. The number of nitrogens with one attached hydrogen (secondary N) is 1. The Balaban J connectivity index is 2.31. The van der Waals surface area contributed by atoms with Crippen molar-refractivity contribution in [2.24, 2.45) is 0 Å². The number of nitrogens with zero attached hydrogens (tertiary/aromatic N) is 1. The summed E-state index contributed by atoms with van der Waals surface area (Å²) >= 11 is 0. The van der Waals surface area contributed by atoms with E-state index in [1.54, 1.807) is 31.2 Å². The second-order valence-corrected chi connectivity index (χ2v) is 4.51. The quantitative estimate of drug-likeness (QED) is 0.638. The first-order chi connectivity index (χ1) is 9.09. The normalized spacial score (nSPS) is 17.8. The summed E-state index contributed by atoms with van der Waals surface area (Å²) in [6.45, 7) is 5.47. The van der Waals surface area contributed by atoms with Gasteiger partial charge in [0.15, 0.2) is 11.9 Å². The number of benzene rings is 1. The van der Waals surface area contributed by atoms with E-state index in [4.69, 9.17) is 0 Å². The topological polar surface area (TPSA) is 51.0 Å². The summed E-state index contributed by atoms with van der Waals surface area (Å²) in [5.41, 5.74) is 2.14. The maximum absolute atomic E-state index is 12.5. The zero-order chi connectivity index (χ0) is 13.8. The SMILES string of the molecule is C=C1C=C(N(C(C)O)[NH+]([O-])c2ccccc2)C=CC1. The fourth-order valence-corrected chi connectivity index (χ4v) is 2.02. The van der Waals surface area contributed by atoms with Crippen LogP contribution >= 0.6 is 0 Å². The van der Waals surface area contributed by atoms with Gasteiger partial charge in [0.25, 0.3) is 0 Å². The number of quaternary nitrogens is 1.